The molecule has 0 amide bonds. The highest BCUT2D eigenvalue weighted by atomic mass is 19.1. The van der Waals surface area contributed by atoms with E-state index in [9.17, 15) is 8.78 Å². The van der Waals surface area contributed by atoms with Gasteiger partial charge < -0.3 is 4.74 Å². The Morgan fingerprint density at radius 1 is 1.32 bits per heavy atom. The molecule has 1 saturated carbocycles. The first-order chi connectivity index (χ1) is 9.13. The van der Waals surface area contributed by atoms with Crippen LogP contribution in [0.5, 0.6) is 0 Å². The van der Waals surface area contributed by atoms with Gasteiger partial charge in [0.15, 0.2) is 0 Å². The number of hydrogen-bond acceptors (Lipinski definition) is 3. The summed E-state index contributed by atoms with van der Waals surface area (Å²) >= 11 is 0. The van der Waals surface area contributed by atoms with Crippen LogP contribution in [0.3, 0.4) is 0 Å². The van der Waals surface area contributed by atoms with E-state index in [1.165, 1.54) is 12.1 Å². The second-order valence-electron chi connectivity index (χ2n) is 5.01. The largest absolute Gasteiger partial charge is 0.377 e. The Kier molecular flexibility index (Phi) is 4.85. The van der Waals surface area contributed by atoms with E-state index in [1.807, 2.05) is 6.92 Å². The summed E-state index contributed by atoms with van der Waals surface area (Å²) < 4.78 is 32.1. The van der Waals surface area contributed by atoms with Crippen LogP contribution >= 0.6 is 0 Å². The molecule has 5 heteroatoms. The Morgan fingerprint density at radius 2 is 1.95 bits per heavy atom. The molecule has 2 unspecified atom stereocenters. The second kappa shape index (κ2) is 6.41. The molecule has 0 saturated heterocycles. The van der Waals surface area contributed by atoms with Gasteiger partial charge in [0.2, 0.25) is 0 Å². The third-order valence-electron chi connectivity index (χ3n) is 3.43. The van der Waals surface area contributed by atoms with Crippen LogP contribution in [0, 0.1) is 17.6 Å². The van der Waals surface area contributed by atoms with E-state index in [-0.39, 0.29) is 12.1 Å². The zero-order valence-corrected chi connectivity index (χ0v) is 11.0. The lowest BCUT2D eigenvalue weighted by Gasteiger charge is -2.26. The highest BCUT2D eigenvalue weighted by Gasteiger charge is 2.36. The van der Waals surface area contributed by atoms with Gasteiger partial charge in [-0.15, -0.1) is 0 Å². The lowest BCUT2D eigenvalue weighted by molar-refractivity contribution is 0.0191. The highest BCUT2D eigenvalue weighted by Crippen LogP contribution is 2.36. The average molecular weight is 270 g/mol. The van der Waals surface area contributed by atoms with E-state index in [0.29, 0.717) is 24.5 Å². The van der Waals surface area contributed by atoms with Gasteiger partial charge in [-0.3, -0.25) is 11.3 Å². The Balaban J connectivity index is 2.08. The van der Waals surface area contributed by atoms with E-state index in [1.54, 1.807) is 0 Å². The summed E-state index contributed by atoms with van der Waals surface area (Å²) in [7, 11) is 0. The van der Waals surface area contributed by atoms with Crippen LogP contribution in [0.25, 0.3) is 0 Å². The number of hydrogen-bond donors (Lipinski definition) is 2. The molecule has 0 heterocycles. The maximum absolute atomic E-state index is 13.2. The van der Waals surface area contributed by atoms with Crippen LogP contribution in [0.15, 0.2) is 18.2 Å². The number of nitrogens with two attached hydrogens (primary N) is 1. The molecule has 1 aliphatic rings. The Labute approximate surface area is 112 Å². The van der Waals surface area contributed by atoms with E-state index < -0.39 is 11.6 Å². The Morgan fingerprint density at radius 3 is 2.42 bits per heavy atom. The molecule has 0 aliphatic heterocycles. The van der Waals surface area contributed by atoms with Crippen molar-refractivity contribution < 1.29 is 13.5 Å². The maximum atomic E-state index is 13.2. The molecule has 2 rings (SSSR count). The molecule has 3 N–H and O–H groups in total. The fourth-order valence-corrected chi connectivity index (χ4v) is 2.45. The summed E-state index contributed by atoms with van der Waals surface area (Å²) in [6.45, 7) is 2.54. The first kappa shape index (κ1) is 14.4. The summed E-state index contributed by atoms with van der Waals surface area (Å²) in [5.41, 5.74) is 3.31. The van der Waals surface area contributed by atoms with Crippen molar-refractivity contribution >= 4 is 0 Å². The average Bonchev–Trinajstić information content (AvgIpc) is 3.16. The fraction of sp³-hybridized carbons (Fsp3) is 0.571. The van der Waals surface area contributed by atoms with E-state index in [2.05, 4.69) is 5.43 Å². The molecule has 1 aromatic carbocycles. The number of ether oxygens (including phenoxy) is 1. The monoisotopic (exact) mass is 270 g/mol. The lowest BCUT2D eigenvalue weighted by atomic mass is 9.98. The van der Waals surface area contributed by atoms with Gasteiger partial charge in [0.25, 0.3) is 0 Å². The van der Waals surface area contributed by atoms with Gasteiger partial charge in [-0.2, -0.15) is 0 Å². The predicted octanol–water partition coefficient (Wildman–Crippen LogP) is 2.15. The molecule has 19 heavy (non-hydrogen) atoms. The summed E-state index contributed by atoms with van der Waals surface area (Å²) in [5.74, 6) is 4.95. The minimum absolute atomic E-state index is 0.00123. The number of benzene rings is 1. The van der Waals surface area contributed by atoms with Crippen molar-refractivity contribution in [2.24, 2.45) is 11.8 Å². The van der Waals surface area contributed by atoms with Gasteiger partial charge in [0.1, 0.15) is 11.6 Å². The van der Waals surface area contributed by atoms with Crippen LogP contribution < -0.4 is 11.3 Å². The van der Waals surface area contributed by atoms with Crippen LogP contribution in [-0.4, -0.2) is 18.8 Å². The zero-order valence-electron chi connectivity index (χ0n) is 11.0. The SMILES string of the molecule is CCOC(C1CC1)C(Cc1cc(F)cc(F)c1)NN. The third kappa shape index (κ3) is 3.96. The van der Waals surface area contributed by atoms with Crippen LogP contribution in [0.4, 0.5) is 8.78 Å². The van der Waals surface area contributed by atoms with Gasteiger partial charge in [-0.05, 0) is 49.8 Å². The van der Waals surface area contributed by atoms with Gasteiger partial charge in [0, 0.05) is 12.7 Å². The van der Waals surface area contributed by atoms with Crippen molar-refractivity contribution in [1.29, 1.82) is 0 Å². The predicted molar refractivity (Wildman–Crippen MR) is 69.3 cm³/mol. The quantitative estimate of drug-likeness (QED) is 0.589. The highest BCUT2D eigenvalue weighted by molar-refractivity contribution is 5.19. The van der Waals surface area contributed by atoms with Crippen molar-refractivity contribution in [3.63, 3.8) is 0 Å². The number of halogens is 2. The zero-order chi connectivity index (χ0) is 13.8. The number of rotatable bonds is 7. The van der Waals surface area contributed by atoms with Crippen molar-refractivity contribution in [2.75, 3.05) is 6.61 Å². The molecular formula is C14H20F2N2O. The lowest BCUT2D eigenvalue weighted by Crippen LogP contribution is -2.47. The first-order valence-corrected chi connectivity index (χ1v) is 6.66. The molecule has 0 bridgehead atoms. The fourth-order valence-electron chi connectivity index (χ4n) is 2.45. The van der Waals surface area contributed by atoms with Crippen molar-refractivity contribution in [1.82, 2.24) is 5.43 Å². The summed E-state index contributed by atoms with van der Waals surface area (Å²) in [4.78, 5) is 0. The van der Waals surface area contributed by atoms with Crippen molar-refractivity contribution in [3.05, 3.63) is 35.4 Å². The van der Waals surface area contributed by atoms with Gasteiger partial charge in [-0.1, -0.05) is 0 Å². The summed E-state index contributed by atoms with van der Waals surface area (Å²) in [5, 5.41) is 0. The summed E-state index contributed by atoms with van der Waals surface area (Å²) in [6, 6.07) is 3.41. The Bertz CT molecular complexity index is 404. The molecule has 0 radical (unpaired) electrons. The third-order valence-corrected chi connectivity index (χ3v) is 3.43. The molecule has 0 spiro atoms. The molecule has 1 aromatic rings. The number of hydrazine groups is 1. The molecule has 2 atom stereocenters. The van der Waals surface area contributed by atoms with E-state index >= 15 is 0 Å². The smallest absolute Gasteiger partial charge is 0.126 e. The Hall–Kier alpha value is -1.04. The molecule has 0 aromatic heterocycles. The van der Waals surface area contributed by atoms with Crippen LogP contribution in [-0.2, 0) is 11.2 Å². The molecule has 106 valence electrons. The van der Waals surface area contributed by atoms with Crippen molar-refractivity contribution in [2.45, 2.75) is 38.3 Å². The minimum atomic E-state index is -0.565. The summed E-state index contributed by atoms with van der Waals surface area (Å²) in [6.07, 6.45) is 2.70. The first-order valence-electron chi connectivity index (χ1n) is 6.66. The van der Waals surface area contributed by atoms with Gasteiger partial charge >= 0.3 is 0 Å². The molecule has 1 fully saturated rings. The topological polar surface area (TPSA) is 47.3 Å². The van der Waals surface area contributed by atoms with Gasteiger partial charge in [-0.25, -0.2) is 8.78 Å². The normalized spacial score (nSPS) is 18.3. The number of nitrogens with one attached hydrogen (secondary N) is 1. The molecular weight excluding hydrogens is 250 g/mol. The van der Waals surface area contributed by atoms with Crippen LogP contribution in [0.1, 0.15) is 25.3 Å². The van der Waals surface area contributed by atoms with Crippen molar-refractivity contribution in [3.8, 4) is 0 Å². The van der Waals surface area contributed by atoms with Gasteiger partial charge in [0.05, 0.1) is 12.1 Å². The standard InChI is InChI=1S/C14H20F2N2O/c1-2-19-14(10-3-4-10)13(18-17)7-9-5-11(15)8-12(16)6-9/h5-6,8,10,13-14,18H,2-4,7,17H2,1H3. The van der Waals surface area contributed by atoms with E-state index in [0.717, 1.165) is 18.9 Å². The molecule has 1 aliphatic carbocycles. The molecule has 3 nitrogen and oxygen atoms in total. The van der Waals surface area contributed by atoms with Crippen LogP contribution in [0.2, 0.25) is 0 Å². The second-order valence-corrected chi connectivity index (χ2v) is 5.01. The van der Waals surface area contributed by atoms with E-state index in [4.69, 9.17) is 10.6 Å². The minimum Gasteiger partial charge on any atom is -0.377 e. The maximum Gasteiger partial charge on any atom is 0.126 e.